The number of halogens is 2. The molecular weight excluding hydrogens is 453 g/mol. The average molecular weight is 468 g/mol. The summed E-state index contributed by atoms with van der Waals surface area (Å²) in [6.45, 7) is 0. The second kappa shape index (κ2) is 9.61. The number of benzene rings is 1. The molecule has 0 radical (unpaired) electrons. The standard InChI is InChI=1S/C15H15Cl2N3O6S2/c1-25-14-13(18-6-11(19-14)27-7-9(21)15(22)26-2)20-28(23,24)10-5-3-4-8(16)12(10)17/h3-6,9,21H,7H2,1-2H3,(H,18,20). The van der Waals surface area contributed by atoms with Crippen molar-refractivity contribution in [2.45, 2.75) is 16.0 Å². The van der Waals surface area contributed by atoms with E-state index in [1.165, 1.54) is 31.5 Å². The Kier molecular flexibility index (Phi) is 7.72. The van der Waals surface area contributed by atoms with Gasteiger partial charge in [-0.15, -0.1) is 11.8 Å². The van der Waals surface area contributed by atoms with Crippen molar-refractivity contribution in [2.24, 2.45) is 0 Å². The Bertz CT molecular complexity index is 974. The van der Waals surface area contributed by atoms with Gasteiger partial charge in [0.05, 0.1) is 30.5 Å². The van der Waals surface area contributed by atoms with Crippen molar-refractivity contribution >= 4 is 56.8 Å². The number of ether oxygens (including phenoxy) is 2. The fourth-order valence-electron chi connectivity index (χ4n) is 1.88. The molecule has 0 amide bonds. The number of methoxy groups -OCH3 is 2. The second-order valence-electron chi connectivity index (χ2n) is 5.07. The third-order valence-corrected chi connectivity index (χ3v) is 6.50. The van der Waals surface area contributed by atoms with Gasteiger partial charge in [-0.1, -0.05) is 29.3 Å². The fourth-order valence-corrected chi connectivity index (χ4v) is 4.39. The number of aliphatic hydroxyl groups is 1. The van der Waals surface area contributed by atoms with Gasteiger partial charge >= 0.3 is 5.97 Å². The number of aliphatic hydroxyl groups excluding tert-OH is 1. The first-order valence-electron chi connectivity index (χ1n) is 7.46. The summed E-state index contributed by atoms with van der Waals surface area (Å²) in [6, 6.07) is 4.19. The molecule has 0 aliphatic heterocycles. The smallest absolute Gasteiger partial charge is 0.335 e. The molecule has 0 spiro atoms. The maximum Gasteiger partial charge on any atom is 0.335 e. The number of hydrogen-bond donors (Lipinski definition) is 2. The van der Waals surface area contributed by atoms with Crippen molar-refractivity contribution in [3.63, 3.8) is 0 Å². The Hall–Kier alpha value is -1.79. The lowest BCUT2D eigenvalue weighted by molar-refractivity contribution is -0.149. The molecule has 0 saturated heterocycles. The number of carbonyl (C=O) groups excluding carboxylic acids is 1. The van der Waals surface area contributed by atoms with Crippen LogP contribution in [0, 0.1) is 0 Å². The molecule has 1 heterocycles. The maximum atomic E-state index is 12.6. The summed E-state index contributed by atoms with van der Waals surface area (Å²) in [6.07, 6.45) is -0.0832. The summed E-state index contributed by atoms with van der Waals surface area (Å²) in [7, 11) is -1.67. The van der Waals surface area contributed by atoms with E-state index in [-0.39, 0.29) is 32.4 Å². The number of carbonyl (C=O) groups is 1. The van der Waals surface area contributed by atoms with Gasteiger partial charge in [0.1, 0.15) is 9.92 Å². The van der Waals surface area contributed by atoms with Gasteiger partial charge in [-0.05, 0) is 12.1 Å². The third kappa shape index (κ3) is 5.39. The molecule has 0 saturated carbocycles. The van der Waals surface area contributed by atoms with Crippen LogP contribution in [0.5, 0.6) is 5.88 Å². The van der Waals surface area contributed by atoms with E-state index < -0.39 is 22.1 Å². The second-order valence-corrected chi connectivity index (χ2v) is 8.55. The van der Waals surface area contributed by atoms with E-state index in [0.717, 1.165) is 18.9 Å². The molecule has 152 valence electrons. The van der Waals surface area contributed by atoms with Crippen LogP contribution in [0.1, 0.15) is 0 Å². The van der Waals surface area contributed by atoms with Gasteiger partial charge in [0, 0.05) is 5.75 Å². The number of esters is 1. The highest BCUT2D eigenvalue weighted by Crippen LogP contribution is 2.31. The predicted octanol–water partition coefficient (Wildman–Crippen LogP) is 2.22. The molecule has 9 nitrogen and oxygen atoms in total. The lowest BCUT2D eigenvalue weighted by atomic mass is 10.4. The highest BCUT2D eigenvalue weighted by atomic mass is 35.5. The molecule has 13 heteroatoms. The minimum absolute atomic E-state index is 0.0340. The summed E-state index contributed by atoms with van der Waals surface area (Å²) < 4.78 is 36.9. The van der Waals surface area contributed by atoms with E-state index in [1.54, 1.807) is 0 Å². The molecule has 1 aromatic heterocycles. The Morgan fingerprint density at radius 3 is 2.71 bits per heavy atom. The van der Waals surface area contributed by atoms with Crippen LogP contribution in [0.3, 0.4) is 0 Å². The fraction of sp³-hybridized carbons (Fsp3) is 0.267. The maximum absolute atomic E-state index is 12.6. The van der Waals surface area contributed by atoms with E-state index in [4.69, 9.17) is 27.9 Å². The van der Waals surface area contributed by atoms with Crippen molar-refractivity contribution in [3.05, 3.63) is 34.4 Å². The first-order chi connectivity index (χ1) is 13.2. The van der Waals surface area contributed by atoms with Crippen molar-refractivity contribution < 1.29 is 27.8 Å². The van der Waals surface area contributed by atoms with Gasteiger partial charge in [-0.3, -0.25) is 4.72 Å². The molecule has 0 aliphatic rings. The first-order valence-corrected chi connectivity index (χ1v) is 10.7. The molecule has 1 atom stereocenters. The van der Waals surface area contributed by atoms with Crippen LogP contribution < -0.4 is 9.46 Å². The number of nitrogens with one attached hydrogen (secondary N) is 1. The van der Waals surface area contributed by atoms with Gasteiger partial charge in [0.15, 0.2) is 6.10 Å². The van der Waals surface area contributed by atoms with Gasteiger partial charge in [-0.25, -0.2) is 23.2 Å². The molecule has 2 aromatic rings. The third-order valence-electron chi connectivity index (χ3n) is 3.21. The number of anilines is 1. The Balaban J connectivity index is 2.22. The highest BCUT2D eigenvalue weighted by molar-refractivity contribution is 7.99. The zero-order valence-corrected chi connectivity index (χ0v) is 17.7. The van der Waals surface area contributed by atoms with E-state index in [2.05, 4.69) is 19.4 Å². The molecule has 0 fully saturated rings. The van der Waals surface area contributed by atoms with Crippen LogP contribution in [0.25, 0.3) is 0 Å². The van der Waals surface area contributed by atoms with Crippen LogP contribution in [0.15, 0.2) is 34.3 Å². The number of aromatic nitrogens is 2. The summed E-state index contributed by atoms with van der Waals surface area (Å²) in [4.78, 5) is 19.1. The molecule has 28 heavy (non-hydrogen) atoms. The van der Waals surface area contributed by atoms with Crippen molar-refractivity contribution in [1.29, 1.82) is 0 Å². The van der Waals surface area contributed by atoms with E-state index in [1.807, 2.05) is 0 Å². The van der Waals surface area contributed by atoms with E-state index in [9.17, 15) is 18.3 Å². The Labute approximate surface area is 175 Å². The normalized spacial score (nSPS) is 12.3. The number of nitrogens with zero attached hydrogens (tertiary/aromatic N) is 2. The Morgan fingerprint density at radius 2 is 2.07 bits per heavy atom. The monoisotopic (exact) mass is 467 g/mol. The largest absolute Gasteiger partial charge is 0.478 e. The zero-order valence-electron chi connectivity index (χ0n) is 14.5. The van der Waals surface area contributed by atoms with E-state index >= 15 is 0 Å². The van der Waals surface area contributed by atoms with Crippen molar-refractivity contribution in [3.8, 4) is 5.88 Å². The minimum Gasteiger partial charge on any atom is -0.478 e. The molecule has 0 aliphatic carbocycles. The quantitative estimate of drug-likeness (QED) is 0.443. The summed E-state index contributed by atoms with van der Waals surface area (Å²) in [5.74, 6) is -1.10. The summed E-state index contributed by atoms with van der Waals surface area (Å²) >= 11 is 12.8. The number of thioether (sulfide) groups is 1. The first kappa shape index (κ1) is 22.5. The average Bonchev–Trinajstić information content (AvgIpc) is 2.67. The van der Waals surface area contributed by atoms with Crippen LogP contribution in [-0.4, -0.2) is 55.5 Å². The molecule has 2 N–H and O–H groups in total. The number of rotatable bonds is 8. The molecule has 0 bridgehead atoms. The van der Waals surface area contributed by atoms with Crippen molar-refractivity contribution in [2.75, 3.05) is 24.7 Å². The number of sulfonamides is 1. The lowest BCUT2D eigenvalue weighted by Gasteiger charge is -2.13. The van der Waals surface area contributed by atoms with Gasteiger partial charge in [0.2, 0.25) is 5.82 Å². The van der Waals surface area contributed by atoms with E-state index in [0.29, 0.717) is 5.03 Å². The molecule has 1 unspecified atom stereocenters. The molecule has 2 rings (SSSR count). The number of hydrogen-bond acceptors (Lipinski definition) is 9. The van der Waals surface area contributed by atoms with Gasteiger partial charge in [-0.2, -0.15) is 0 Å². The Morgan fingerprint density at radius 1 is 1.36 bits per heavy atom. The topological polar surface area (TPSA) is 128 Å². The molecular formula is C15H15Cl2N3O6S2. The van der Waals surface area contributed by atoms with Crippen LogP contribution >= 0.6 is 35.0 Å². The summed E-state index contributed by atoms with van der Waals surface area (Å²) in [5.41, 5.74) is 0. The molecule has 1 aromatic carbocycles. The van der Waals surface area contributed by atoms with Crippen LogP contribution in [0.2, 0.25) is 10.0 Å². The summed E-state index contributed by atoms with van der Waals surface area (Å²) in [5, 5.41) is 9.84. The van der Waals surface area contributed by atoms with Gasteiger partial charge in [0.25, 0.3) is 15.9 Å². The van der Waals surface area contributed by atoms with Crippen molar-refractivity contribution in [1.82, 2.24) is 9.97 Å². The highest BCUT2D eigenvalue weighted by Gasteiger charge is 2.23. The minimum atomic E-state index is -4.11. The SMILES string of the molecule is COC(=O)C(O)CSc1cnc(NS(=O)(=O)c2cccc(Cl)c2Cl)c(OC)n1. The zero-order chi connectivity index (χ0) is 20.9. The van der Waals surface area contributed by atoms with Crippen LogP contribution in [-0.2, 0) is 19.6 Å². The predicted molar refractivity (Wildman–Crippen MR) is 105 cm³/mol. The van der Waals surface area contributed by atoms with Gasteiger partial charge < -0.3 is 14.6 Å². The van der Waals surface area contributed by atoms with Crippen LogP contribution in [0.4, 0.5) is 5.82 Å². The lowest BCUT2D eigenvalue weighted by Crippen LogP contribution is -2.24.